The standard InChI is InChI=1S/C11H14N4O3S2.C4H9NO/c1-2-3-6-18-5(4-19-6)15-8-7(20-11(15)17)9(16)14-10(12)13-8;1-4(6)5(2)3/h5-6H,2-4H2,1H3,(H3,12,13,14,16);1-3H3. The highest BCUT2D eigenvalue weighted by molar-refractivity contribution is 7.99. The second kappa shape index (κ2) is 8.69. The maximum Gasteiger partial charge on any atom is 0.311 e. The molecule has 0 bridgehead atoms. The Morgan fingerprint density at radius 1 is 1.46 bits per heavy atom. The van der Waals surface area contributed by atoms with E-state index in [1.54, 1.807) is 25.9 Å². The third kappa shape index (κ3) is 4.65. The van der Waals surface area contributed by atoms with Gasteiger partial charge in [-0.15, -0.1) is 11.8 Å². The summed E-state index contributed by atoms with van der Waals surface area (Å²) in [5, 5.41) is 0. The van der Waals surface area contributed by atoms with Crippen LogP contribution in [0.5, 0.6) is 0 Å². The maximum absolute atomic E-state index is 12.1. The maximum atomic E-state index is 12.1. The number of nitrogens with zero attached hydrogens (tertiary/aromatic N) is 3. The molecular formula is C15H23N5O4S2. The minimum atomic E-state index is -0.385. The van der Waals surface area contributed by atoms with Crippen molar-refractivity contribution in [2.45, 2.75) is 38.4 Å². The number of amides is 1. The summed E-state index contributed by atoms with van der Waals surface area (Å²) in [5.74, 6) is 0.768. The zero-order valence-corrected chi connectivity index (χ0v) is 16.8. The summed E-state index contributed by atoms with van der Waals surface area (Å²) in [5.41, 5.74) is 5.57. The number of H-pyrrole nitrogens is 1. The first-order valence-corrected chi connectivity index (χ1v) is 9.96. The predicted molar refractivity (Wildman–Crippen MR) is 105 cm³/mol. The van der Waals surface area contributed by atoms with Gasteiger partial charge in [-0.2, -0.15) is 4.98 Å². The molecule has 1 saturated heterocycles. The minimum Gasteiger partial charge on any atom is -0.369 e. The van der Waals surface area contributed by atoms with Gasteiger partial charge in [-0.25, -0.2) is 0 Å². The molecule has 1 fully saturated rings. The number of nitrogens with one attached hydrogen (secondary N) is 1. The third-order valence-corrected chi connectivity index (χ3v) is 5.81. The number of carbonyl (C=O) groups excluding carboxylic acids is 1. The van der Waals surface area contributed by atoms with Crippen LogP contribution in [0.3, 0.4) is 0 Å². The predicted octanol–water partition coefficient (Wildman–Crippen LogP) is 1.21. The molecule has 3 heterocycles. The van der Waals surface area contributed by atoms with Crippen LogP contribution in [0.4, 0.5) is 5.95 Å². The van der Waals surface area contributed by atoms with Crippen molar-refractivity contribution in [2.24, 2.45) is 0 Å². The molecular weight excluding hydrogens is 378 g/mol. The topological polar surface area (TPSA) is 123 Å². The fraction of sp³-hybridized carbons (Fsp3) is 0.600. The second-order valence-corrected chi connectivity index (χ2v) is 8.05. The van der Waals surface area contributed by atoms with Crippen LogP contribution in [0.15, 0.2) is 9.59 Å². The molecule has 2 atom stereocenters. The van der Waals surface area contributed by atoms with Crippen LogP contribution in [0.25, 0.3) is 10.3 Å². The molecule has 0 saturated carbocycles. The van der Waals surface area contributed by atoms with E-state index in [4.69, 9.17) is 10.5 Å². The molecule has 0 radical (unpaired) electrons. The number of thiazole rings is 1. The van der Waals surface area contributed by atoms with Crippen LogP contribution in [0.1, 0.15) is 32.9 Å². The Morgan fingerprint density at radius 3 is 2.69 bits per heavy atom. The molecule has 3 N–H and O–H groups in total. The number of anilines is 1. The Morgan fingerprint density at radius 2 is 2.12 bits per heavy atom. The van der Waals surface area contributed by atoms with Crippen LogP contribution in [-0.2, 0) is 9.53 Å². The lowest BCUT2D eigenvalue weighted by Crippen LogP contribution is -2.22. The van der Waals surface area contributed by atoms with Crippen molar-refractivity contribution in [3.8, 4) is 0 Å². The smallest absolute Gasteiger partial charge is 0.311 e. The molecule has 26 heavy (non-hydrogen) atoms. The van der Waals surface area contributed by atoms with Gasteiger partial charge >= 0.3 is 4.87 Å². The highest BCUT2D eigenvalue weighted by Crippen LogP contribution is 2.34. The van der Waals surface area contributed by atoms with Crippen molar-refractivity contribution in [1.82, 2.24) is 19.4 Å². The Bertz CT molecular complexity index is 888. The normalized spacial score (nSPS) is 19.2. The second-order valence-electron chi connectivity index (χ2n) is 5.90. The number of fused-ring (bicyclic) bond motifs is 1. The lowest BCUT2D eigenvalue weighted by molar-refractivity contribution is -0.126. The van der Waals surface area contributed by atoms with Crippen molar-refractivity contribution in [3.05, 3.63) is 20.0 Å². The van der Waals surface area contributed by atoms with Gasteiger partial charge in [-0.05, 0) is 6.42 Å². The fourth-order valence-corrected chi connectivity index (χ4v) is 4.24. The van der Waals surface area contributed by atoms with Gasteiger partial charge in [0, 0.05) is 26.8 Å². The first kappa shape index (κ1) is 20.5. The molecule has 2 aromatic rings. The molecule has 1 amide bonds. The lowest BCUT2D eigenvalue weighted by Gasteiger charge is -2.13. The van der Waals surface area contributed by atoms with Crippen LogP contribution in [0, 0.1) is 0 Å². The Labute approximate surface area is 158 Å². The SMILES string of the molecule is CC(=O)N(C)C.CCCC1OC(n2c(=O)sc3c(=O)[nH]c(N)nc32)CS1. The summed E-state index contributed by atoms with van der Waals surface area (Å²) >= 11 is 2.55. The molecule has 9 nitrogen and oxygen atoms in total. The number of aromatic nitrogens is 3. The average molecular weight is 402 g/mol. The summed E-state index contributed by atoms with van der Waals surface area (Å²) in [6, 6.07) is 0. The Kier molecular flexibility index (Phi) is 6.84. The summed E-state index contributed by atoms with van der Waals surface area (Å²) in [7, 11) is 3.45. The molecule has 144 valence electrons. The number of hydrogen-bond acceptors (Lipinski definition) is 8. The number of hydrogen-bond donors (Lipinski definition) is 2. The van der Waals surface area contributed by atoms with Gasteiger partial charge in [0.1, 0.15) is 16.4 Å². The third-order valence-electron chi connectivity index (χ3n) is 3.67. The number of thioether (sulfide) groups is 1. The number of carbonyl (C=O) groups is 1. The zero-order valence-electron chi connectivity index (χ0n) is 15.1. The van der Waals surface area contributed by atoms with Gasteiger partial charge in [-0.3, -0.25) is 23.9 Å². The van der Waals surface area contributed by atoms with Crippen molar-refractivity contribution >= 4 is 45.3 Å². The van der Waals surface area contributed by atoms with Crippen LogP contribution in [0.2, 0.25) is 0 Å². The van der Waals surface area contributed by atoms with E-state index in [0.717, 1.165) is 24.2 Å². The Balaban J connectivity index is 0.000000352. The molecule has 0 aliphatic carbocycles. The van der Waals surface area contributed by atoms with Crippen molar-refractivity contribution in [1.29, 1.82) is 0 Å². The number of rotatable bonds is 3. The number of ether oxygens (including phenoxy) is 1. The first-order chi connectivity index (χ1) is 12.2. The Hall–Kier alpha value is -1.85. The molecule has 1 aliphatic heterocycles. The molecule has 0 spiro atoms. The lowest BCUT2D eigenvalue weighted by atomic mass is 10.3. The monoisotopic (exact) mass is 401 g/mol. The molecule has 1 aliphatic rings. The fourth-order valence-electron chi connectivity index (χ4n) is 2.17. The van der Waals surface area contributed by atoms with Gasteiger partial charge in [0.15, 0.2) is 5.65 Å². The van der Waals surface area contributed by atoms with E-state index in [1.165, 1.54) is 16.4 Å². The summed E-state index contributed by atoms with van der Waals surface area (Å²) < 4.78 is 7.58. The van der Waals surface area contributed by atoms with Crippen LogP contribution in [-0.4, -0.2) is 50.6 Å². The molecule has 11 heteroatoms. The van der Waals surface area contributed by atoms with E-state index < -0.39 is 0 Å². The average Bonchev–Trinajstić information content (AvgIpc) is 3.12. The van der Waals surface area contributed by atoms with Crippen molar-refractivity contribution in [3.63, 3.8) is 0 Å². The van der Waals surface area contributed by atoms with E-state index >= 15 is 0 Å². The minimum absolute atomic E-state index is 0.00445. The summed E-state index contributed by atoms with van der Waals surface area (Å²) in [6.07, 6.45) is 1.58. The van der Waals surface area contributed by atoms with Gasteiger partial charge in [0.05, 0.1) is 0 Å². The number of nitrogens with two attached hydrogens (primary N) is 1. The van der Waals surface area contributed by atoms with E-state index in [1.807, 2.05) is 0 Å². The molecule has 2 aromatic heterocycles. The quantitative estimate of drug-likeness (QED) is 0.792. The van der Waals surface area contributed by atoms with Crippen molar-refractivity contribution < 1.29 is 9.53 Å². The van der Waals surface area contributed by atoms with E-state index in [-0.39, 0.29) is 38.7 Å². The molecule has 2 unspecified atom stereocenters. The summed E-state index contributed by atoms with van der Waals surface area (Å²) in [6.45, 7) is 3.62. The van der Waals surface area contributed by atoms with Crippen LogP contribution < -0.4 is 16.2 Å². The van der Waals surface area contributed by atoms with Gasteiger partial charge in [0.25, 0.3) is 5.56 Å². The number of nitrogen functional groups attached to an aromatic ring is 1. The van der Waals surface area contributed by atoms with Gasteiger partial charge < -0.3 is 15.4 Å². The highest BCUT2D eigenvalue weighted by Gasteiger charge is 2.30. The van der Waals surface area contributed by atoms with Crippen LogP contribution >= 0.6 is 23.1 Å². The van der Waals surface area contributed by atoms with Gasteiger partial charge in [0.2, 0.25) is 11.9 Å². The largest absolute Gasteiger partial charge is 0.369 e. The van der Waals surface area contributed by atoms with E-state index in [2.05, 4.69) is 16.9 Å². The molecule has 0 aromatic carbocycles. The van der Waals surface area contributed by atoms with Gasteiger partial charge in [-0.1, -0.05) is 24.7 Å². The highest BCUT2D eigenvalue weighted by atomic mass is 32.2. The zero-order chi connectivity index (χ0) is 19.4. The van der Waals surface area contributed by atoms with Crippen molar-refractivity contribution in [2.75, 3.05) is 25.6 Å². The first-order valence-electron chi connectivity index (χ1n) is 8.10. The number of aromatic amines is 1. The summed E-state index contributed by atoms with van der Waals surface area (Å²) in [4.78, 5) is 41.7. The van der Waals surface area contributed by atoms with E-state index in [0.29, 0.717) is 11.4 Å². The molecule has 3 rings (SSSR count). The van der Waals surface area contributed by atoms with E-state index in [9.17, 15) is 14.4 Å².